The van der Waals surface area contributed by atoms with Crippen molar-refractivity contribution in [1.82, 2.24) is 4.90 Å². The molecule has 180 valence electrons. The highest BCUT2D eigenvalue weighted by atomic mass is 35.5. The van der Waals surface area contributed by atoms with Crippen molar-refractivity contribution in [1.29, 1.82) is 0 Å². The van der Waals surface area contributed by atoms with E-state index in [1.165, 1.54) is 11.8 Å². The van der Waals surface area contributed by atoms with Crippen LogP contribution in [-0.2, 0) is 11.3 Å². The quantitative estimate of drug-likeness (QED) is 0.322. The van der Waals surface area contributed by atoms with Gasteiger partial charge in [0.2, 0.25) is 0 Å². The summed E-state index contributed by atoms with van der Waals surface area (Å²) in [4.78, 5) is 20.5. The van der Waals surface area contributed by atoms with Gasteiger partial charge in [0.25, 0.3) is 5.91 Å². The van der Waals surface area contributed by atoms with Crippen molar-refractivity contribution in [3.63, 3.8) is 0 Å². The maximum Gasteiger partial charge on any atom is 0.267 e. The Morgan fingerprint density at radius 1 is 1.03 bits per heavy atom. The molecule has 6 nitrogen and oxygen atoms in total. The summed E-state index contributed by atoms with van der Waals surface area (Å²) < 4.78 is 16.3. The van der Waals surface area contributed by atoms with Gasteiger partial charge < -0.3 is 14.2 Å². The number of nitrogens with zero attached hydrogens (tertiary/aromatic N) is 2. The molecule has 0 unspecified atom stereocenters. The van der Waals surface area contributed by atoms with Gasteiger partial charge in [0, 0.05) is 0 Å². The number of aliphatic imine (C=N–C) groups is 1. The molecule has 3 aromatic rings. The molecule has 1 saturated heterocycles. The van der Waals surface area contributed by atoms with Gasteiger partial charge in [0.05, 0.1) is 43.0 Å². The molecule has 1 fully saturated rings. The Balaban J connectivity index is 1.69. The number of thioether (sulfide) groups is 1. The second-order valence-corrected chi connectivity index (χ2v) is 8.96. The van der Waals surface area contributed by atoms with Gasteiger partial charge in [-0.25, -0.2) is 4.99 Å². The first-order valence-corrected chi connectivity index (χ1v) is 12.2. The Labute approximate surface area is 214 Å². The molecule has 4 rings (SSSR count). The average Bonchev–Trinajstić information content (AvgIpc) is 3.15. The molecule has 1 aliphatic rings. The number of rotatable bonds is 8. The number of methoxy groups -OCH3 is 2. The van der Waals surface area contributed by atoms with Crippen LogP contribution in [0.25, 0.3) is 6.08 Å². The third kappa shape index (κ3) is 5.81. The van der Waals surface area contributed by atoms with E-state index in [1.807, 2.05) is 61.5 Å². The molecule has 0 saturated carbocycles. The number of amides is 1. The molecule has 0 N–H and O–H groups in total. The Hall–Kier alpha value is -3.42. The SMILES string of the molecule is CCOc1c(Cl)cc(/C=C2\SC(=Nc3ccccc3)N(Cc3ccc(OC)cc3)C2=O)cc1OC. The average molecular weight is 509 g/mol. The number of hydrogen-bond donors (Lipinski definition) is 0. The van der Waals surface area contributed by atoms with Crippen molar-refractivity contribution in [3.8, 4) is 17.2 Å². The minimum atomic E-state index is -0.135. The normalized spacial score (nSPS) is 15.7. The zero-order chi connectivity index (χ0) is 24.8. The lowest BCUT2D eigenvalue weighted by atomic mass is 10.1. The number of halogens is 1. The third-order valence-electron chi connectivity index (χ3n) is 5.21. The molecular weight excluding hydrogens is 484 g/mol. The molecule has 1 amide bonds. The van der Waals surface area contributed by atoms with E-state index in [2.05, 4.69) is 0 Å². The number of ether oxygens (including phenoxy) is 3. The first-order valence-electron chi connectivity index (χ1n) is 11.0. The molecule has 35 heavy (non-hydrogen) atoms. The van der Waals surface area contributed by atoms with Crippen molar-refractivity contribution < 1.29 is 19.0 Å². The Bertz CT molecular complexity index is 1260. The first kappa shape index (κ1) is 24.7. The summed E-state index contributed by atoms with van der Waals surface area (Å²) in [5, 5.41) is 1.02. The molecule has 0 atom stereocenters. The summed E-state index contributed by atoms with van der Waals surface area (Å²) >= 11 is 7.77. The number of para-hydroxylation sites is 1. The standard InChI is InChI=1S/C27H25ClN2O4S/c1-4-34-25-22(28)14-19(15-23(25)33-3)16-24-26(31)30(17-18-10-12-21(32-2)13-11-18)27(35-24)29-20-8-6-5-7-9-20/h5-16H,4,17H2,1-3H3/b24-16-,29-27?. The van der Waals surface area contributed by atoms with Gasteiger partial charge in [0.15, 0.2) is 16.7 Å². The number of hydrogen-bond acceptors (Lipinski definition) is 6. The van der Waals surface area contributed by atoms with E-state index in [-0.39, 0.29) is 5.91 Å². The Morgan fingerprint density at radius 3 is 2.43 bits per heavy atom. The molecule has 8 heteroatoms. The maximum atomic E-state index is 13.5. The van der Waals surface area contributed by atoms with Crippen LogP contribution in [0.3, 0.4) is 0 Å². The summed E-state index contributed by atoms with van der Waals surface area (Å²) in [6.07, 6.45) is 1.80. The fourth-order valence-electron chi connectivity index (χ4n) is 3.52. The van der Waals surface area contributed by atoms with Gasteiger partial charge in [-0.05, 0) is 72.3 Å². The van der Waals surface area contributed by atoms with E-state index < -0.39 is 0 Å². The number of benzene rings is 3. The second kappa shape index (κ2) is 11.3. The second-order valence-electron chi connectivity index (χ2n) is 7.55. The van der Waals surface area contributed by atoms with Gasteiger partial charge in [-0.3, -0.25) is 9.69 Å². The van der Waals surface area contributed by atoms with Crippen LogP contribution in [0.5, 0.6) is 17.2 Å². The maximum absolute atomic E-state index is 13.5. The Morgan fingerprint density at radius 2 is 1.77 bits per heavy atom. The van der Waals surface area contributed by atoms with E-state index in [9.17, 15) is 4.79 Å². The minimum Gasteiger partial charge on any atom is -0.497 e. The van der Waals surface area contributed by atoms with Gasteiger partial charge >= 0.3 is 0 Å². The van der Waals surface area contributed by atoms with Gasteiger partial charge in [0.1, 0.15) is 5.75 Å². The van der Waals surface area contributed by atoms with E-state index in [0.29, 0.717) is 39.7 Å². The monoisotopic (exact) mass is 508 g/mol. The first-order chi connectivity index (χ1) is 17.0. The zero-order valence-electron chi connectivity index (χ0n) is 19.7. The minimum absolute atomic E-state index is 0.135. The lowest BCUT2D eigenvalue weighted by Crippen LogP contribution is -2.28. The molecular formula is C27H25ClN2O4S. The smallest absolute Gasteiger partial charge is 0.267 e. The van der Waals surface area contributed by atoms with Crippen LogP contribution >= 0.6 is 23.4 Å². The number of amidine groups is 1. The highest BCUT2D eigenvalue weighted by molar-refractivity contribution is 8.18. The van der Waals surface area contributed by atoms with Crippen LogP contribution in [0.15, 0.2) is 76.6 Å². The lowest BCUT2D eigenvalue weighted by molar-refractivity contribution is -0.122. The van der Waals surface area contributed by atoms with Crippen LogP contribution in [0.2, 0.25) is 5.02 Å². The summed E-state index contributed by atoms with van der Waals surface area (Å²) in [5.41, 5.74) is 2.47. The highest BCUT2D eigenvalue weighted by Gasteiger charge is 2.33. The van der Waals surface area contributed by atoms with E-state index in [4.69, 9.17) is 30.8 Å². The molecule has 0 bridgehead atoms. The molecule has 0 radical (unpaired) electrons. The lowest BCUT2D eigenvalue weighted by Gasteiger charge is -2.16. The predicted octanol–water partition coefficient (Wildman–Crippen LogP) is 6.56. The molecule has 0 aromatic heterocycles. The Kier molecular flexibility index (Phi) is 8.00. The van der Waals surface area contributed by atoms with Crippen LogP contribution < -0.4 is 14.2 Å². The zero-order valence-corrected chi connectivity index (χ0v) is 21.2. The van der Waals surface area contributed by atoms with E-state index in [1.54, 1.807) is 37.3 Å². The van der Waals surface area contributed by atoms with Gasteiger partial charge in [-0.1, -0.05) is 41.9 Å². The van der Waals surface area contributed by atoms with Crippen LogP contribution in [0, 0.1) is 0 Å². The molecule has 0 spiro atoms. The highest BCUT2D eigenvalue weighted by Crippen LogP contribution is 2.39. The van der Waals surface area contributed by atoms with Gasteiger partial charge in [-0.15, -0.1) is 0 Å². The topological polar surface area (TPSA) is 60.4 Å². The van der Waals surface area contributed by atoms with E-state index >= 15 is 0 Å². The predicted molar refractivity (Wildman–Crippen MR) is 142 cm³/mol. The molecule has 0 aliphatic carbocycles. The molecule has 3 aromatic carbocycles. The van der Waals surface area contributed by atoms with Crippen molar-refractivity contribution in [2.75, 3.05) is 20.8 Å². The summed E-state index contributed by atoms with van der Waals surface area (Å²) in [6.45, 7) is 2.72. The number of carbonyl (C=O) groups excluding carboxylic acids is 1. The summed E-state index contributed by atoms with van der Waals surface area (Å²) in [7, 11) is 3.18. The van der Waals surface area contributed by atoms with Crippen molar-refractivity contribution in [2.24, 2.45) is 4.99 Å². The fourth-order valence-corrected chi connectivity index (χ4v) is 4.79. The fraction of sp³-hybridized carbons (Fsp3) is 0.185. The van der Waals surface area contributed by atoms with Crippen LogP contribution in [0.4, 0.5) is 5.69 Å². The van der Waals surface area contributed by atoms with Crippen LogP contribution in [-0.4, -0.2) is 36.8 Å². The van der Waals surface area contributed by atoms with Crippen molar-refractivity contribution >= 4 is 46.2 Å². The van der Waals surface area contributed by atoms with Crippen molar-refractivity contribution in [2.45, 2.75) is 13.5 Å². The number of carbonyl (C=O) groups is 1. The largest absolute Gasteiger partial charge is 0.497 e. The molecule has 1 heterocycles. The summed E-state index contributed by atoms with van der Waals surface area (Å²) in [5.74, 6) is 1.62. The summed E-state index contributed by atoms with van der Waals surface area (Å²) in [6, 6.07) is 20.8. The van der Waals surface area contributed by atoms with Gasteiger partial charge in [-0.2, -0.15) is 0 Å². The van der Waals surface area contributed by atoms with Crippen molar-refractivity contribution in [3.05, 3.63) is 87.8 Å². The third-order valence-corrected chi connectivity index (χ3v) is 6.49. The van der Waals surface area contributed by atoms with E-state index in [0.717, 1.165) is 22.6 Å². The molecule has 1 aliphatic heterocycles. The van der Waals surface area contributed by atoms with Crippen LogP contribution in [0.1, 0.15) is 18.1 Å².